The van der Waals surface area contributed by atoms with Crippen LogP contribution in [-0.2, 0) is 4.84 Å². The molecule has 0 aliphatic heterocycles. The Labute approximate surface area is 50.5 Å². The Morgan fingerprint density at radius 2 is 2.38 bits per heavy atom. The second kappa shape index (κ2) is 6.47. The zero-order valence-electron chi connectivity index (χ0n) is 5.55. The topological polar surface area (TPSA) is 21.6 Å². The number of hydrogen-bond donors (Lipinski definition) is 0. The van der Waals surface area contributed by atoms with Crippen LogP contribution in [0, 0.1) is 0 Å². The Balaban J connectivity index is 2.72. The Morgan fingerprint density at radius 3 is 2.88 bits per heavy atom. The molecule has 2 heteroatoms. The summed E-state index contributed by atoms with van der Waals surface area (Å²) in [6.07, 6.45) is 3.91. The van der Waals surface area contributed by atoms with E-state index in [0.29, 0.717) is 0 Å². The fraction of sp³-hybridized carbons (Fsp3) is 0.833. The standard InChI is InChI=1S/C6H13NO/c1-3-5-6-8-7-4-2/h4H,3,5-6H2,1-2H3. The lowest BCUT2D eigenvalue weighted by atomic mass is 10.4. The van der Waals surface area contributed by atoms with E-state index in [9.17, 15) is 0 Å². The van der Waals surface area contributed by atoms with Crippen molar-refractivity contribution in [2.24, 2.45) is 5.16 Å². The fourth-order valence-electron chi connectivity index (χ4n) is 0.336. The third kappa shape index (κ3) is 5.47. The molecule has 0 radical (unpaired) electrons. The quantitative estimate of drug-likeness (QED) is 0.311. The first-order valence-corrected chi connectivity index (χ1v) is 3.01. The molecule has 0 saturated carbocycles. The van der Waals surface area contributed by atoms with Crippen LogP contribution in [0.5, 0.6) is 0 Å². The molecule has 0 saturated heterocycles. The second-order valence-corrected chi connectivity index (χ2v) is 1.55. The van der Waals surface area contributed by atoms with Crippen molar-refractivity contribution in [2.45, 2.75) is 26.7 Å². The summed E-state index contributed by atoms with van der Waals surface area (Å²) < 4.78 is 0. The third-order valence-corrected chi connectivity index (χ3v) is 0.769. The van der Waals surface area contributed by atoms with Crippen molar-refractivity contribution in [3.8, 4) is 0 Å². The van der Waals surface area contributed by atoms with Gasteiger partial charge in [-0.05, 0) is 13.3 Å². The summed E-state index contributed by atoms with van der Waals surface area (Å²) in [5, 5.41) is 3.58. The summed E-state index contributed by atoms with van der Waals surface area (Å²) >= 11 is 0. The van der Waals surface area contributed by atoms with Gasteiger partial charge in [0.25, 0.3) is 0 Å². The van der Waals surface area contributed by atoms with Gasteiger partial charge in [0.1, 0.15) is 6.61 Å². The molecule has 0 aromatic carbocycles. The predicted molar refractivity (Wildman–Crippen MR) is 35.0 cm³/mol. The van der Waals surface area contributed by atoms with Crippen LogP contribution in [0.15, 0.2) is 5.16 Å². The van der Waals surface area contributed by atoms with Crippen LogP contribution in [0.25, 0.3) is 0 Å². The molecule has 48 valence electrons. The second-order valence-electron chi connectivity index (χ2n) is 1.55. The van der Waals surface area contributed by atoms with E-state index < -0.39 is 0 Å². The largest absolute Gasteiger partial charge is 0.396 e. The smallest absolute Gasteiger partial charge is 0.117 e. The van der Waals surface area contributed by atoms with E-state index >= 15 is 0 Å². The van der Waals surface area contributed by atoms with Crippen molar-refractivity contribution in [3.63, 3.8) is 0 Å². The summed E-state index contributed by atoms with van der Waals surface area (Å²) in [7, 11) is 0. The average Bonchev–Trinajstić information content (AvgIpc) is 1.81. The van der Waals surface area contributed by atoms with Crippen molar-refractivity contribution in [3.05, 3.63) is 0 Å². The van der Waals surface area contributed by atoms with Gasteiger partial charge >= 0.3 is 0 Å². The maximum absolute atomic E-state index is 4.79. The van der Waals surface area contributed by atoms with E-state index in [4.69, 9.17) is 4.84 Å². The average molecular weight is 115 g/mol. The van der Waals surface area contributed by atoms with Gasteiger partial charge in [-0.15, -0.1) is 0 Å². The highest BCUT2D eigenvalue weighted by molar-refractivity contribution is 5.52. The molecule has 0 atom stereocenters. The molecular formula is C6H13NO. The maximum atomic E-state index is 4.79. The minimum absolute atomic E-state index is 0.751. The van der Waals surface area contributed by atoms with Crippen molar-refractivity contribution in [1.29, 1.82) is 0 Å². The highest BCUT2D eigenvalue weighted by Gasteiger charge is 1.78. The van der Waals surface area contributed by atoms with Crippen LogP contribution >= 0.6 is 0 Å². The summed E-state index contributed by atoms with van der Waals surface area (Å²) in [4.78, 5) is 4.79. The highest BCUT2D eigenvalue weighted by atomic mass is 16.6. The number of rotatable bonds is 4. The number of hydrogen-bond acceptors (Lipinski definition) is 2. The van der Waals surface area contributed by atoms with Gasteiger partial charge in [-0.25, -0.2) is 0 Å². The molecule has 0 amide bonds. The summed E-state index contributed by atoms with van der Waals surface area (Å²) in [5.74, 6) is 0. The van der Waals surface area contributed by atoms with Gasteiger partial charge in [0.15, 0.2) is 0 Å². The van der Waals surface area contributed by atoms with Gasteiger partial charge in [-0.3, -0.25) is 0 Å². The van der Waals surface area contributed by atoms with Crippen molar-refractivity contribution in [2.75, 3.05) is 6.61 Å². The van der Waals surface area contributed by atoms with E-state index in [1.54, 1.807) is 6.21 Å². The third-order valence-electron chi connectivity index (χ3n) is 0.769. The minimum Gasteiger partial charge on any atom is -0.396 e. The molecule has 0 N–H and O–H groups in total. The summed E-state index contributed by atoms with van der Waals surface area (Å²) in [5.41, 5.74) is 0. The molecule has 0 unspecified atom stereocenters. The fourth-order valence-corrected chi connectivity index (χ4v) is 0.336. The SMILES string of the molecule is CC=NOCCCC. The van der Waals surface area contributed by atoms with Gasteiger partial charge in [0.2, 0.25) is 0 Å². The van der Waals surface area contributed by atoms with Crippen LogP contribution < -0.4 is 0 Å². The van der Waals surface area contributed by atoms with Gasteiger partial charge in [0.05, 0.1) is 0 Å². The summed E-state index contributed by atoms with van der Waals surface area (Å²) in [6, 6.07) is 0. The van der Waals surface area contributed by atoms with Crippen LogP contribution in [0.1, 0.15) is 26.7 Å². The molecular weight excluding hydrogens is 102 g/mol. The van der Waals surface area contributed by atoms with Crippen LogP contribution in [0.2, 0.25) is 0 Å². The zero-order chi connectivity index (χ0) is 6.24. The van der Waals surface area contributed by atoms with Gasteiger partial charge < -0.3 is 4.84 Å². The molecule has 0 aromatic rings. The molecule has 0 aliphatic rings. The van der Waals surface area contributed by atoms with E-state index in [-0.39, 0.29) is 0 Å². The van der Waals surface area contributed by atoms with Gasteiger partial charge in [-0.2, -0.15) is 0 Å². The molecule has 0 spiro atoms. The lowest BCUT2D eigenvalue weighted by Gasteiger charge is -1.92. The predicted octanol–water partition coefficient (Wildman–Crippen LogP) is 1.81. The van der Waals surface area contributed by atoms with Crippen LogP contribution in [0.4, 0.5) is 0 Å². The summed E-state index contributed by atoms with van der Waals surface area (Å²) in [6.45, 7) is 4.71. The van der Waals surface area contributed by atoms with Crippen molar-refractivity contribution >= 4 is 6.21 Å². The van der Waals surface area contributed by atoms with Crippen molar-refractivity contribution in [1.82, 2.24) is 0 Å². The molecule has 0 aromatic heterocycles. The molecule has 0 fully saturated rings. The van der Waals surface area contributed by atoms with E-state index in [0.717, 1.165) is 13.0 Å². The number of oxime groups is 1. The normalized spacial score (nSPS) is 10.2. The molecule has 0 bridgehead atoms. The number of unbranched alkanes of at least 4 members (excludes halogenated alkanes) is 1. The van der Waals surface area contributed by atoms with Crippen LogP contribution in [0.3, 0.4) is 0 Å². The Hall–Kier alpha value is -0.530. The van der Waals surface area contributed by atoms with E-state index in [1.165, 1.54) is 6.42 Å². The maximum Gasteiger partial charge on any atom is 0.117 e. The molecule has 0 aliphatic carbocycles. The van der Waals surface area contributed by atoms with E-state index in [2.05, 4.69) is 12.1 Å². The van der Waals surface area contributed by atoms with Crippen LogP contribution in [-0.4, -0.2) is 12.8 Å². The van der Waals surface area contributed by atoms with Gasteiger partial charge in [0, 0.05) is 6.21 Å². The Bertz CT molecular complexity index is 61.5. The zero-order valence-corrected chi connectivity index (χ0v) is 5.55. The molecule has 0 heterocycles. The first-order valence-electron chi connectivity index (χ1n) is 3.01. The first-order chi connectivity index (χ1) is 3.91. The lowest BCUT2D eigenvalue weighted by molar-refractivity contribution is 0.142. The van der Waals surface area contributed by atoms with E-state index in [1.807, 2.05) is 6.92 Å². The Kier molecular flexibility index (Phi) is 6.04. The molecule has 0 rings (SSSR count). The highest BCUT2D eigenvalue weighted by Crippen LogP contribution is 1.86. The van der Waals surface area contributed by atoms with Gasteiger partial charge in [-0.1, -0.05) is 18.5 Å². The monoisotopic (exact) mass is 115 g/mol. The lowest BCUT2D eigenvalue weighted by Crippen LogP contribution is -1.84. The minimum atomic E-state index is 0.751. The first kappa shape index (κ1) is 7.47. The van der Waals surface area contributed by atoms with Crippen molar-refractivity contribution < 1.29 is 4.84 Å². The molecule has 8 heavy (non-hydrogen) atoms. The Morgan fingerprint density at radius 1 is 1.62 bits per heavy atom. The molecule has 2 nitrogen and oxygen atoms in total. The number of nitrogens with zero attached hydrogens (tertiary/aromatic N) is 1.